The number of phenolic OH excluding ortho intramolecular Hbond substituents is 1. The minimum atomic E-state index is 0.0684. The van der Waals surface area contributed by atoms with Gasteiger partial charge in [0.15, 0.2) is 17.2 Å². The first kappa shape index (κ1) is 19.8. The molecule has 1 atom stereocenters. The summed E-state index contributed by atoms with van der Waals surface area (Å²) in [5.41, 5.74) is 2.83. The number of likely N-dealkylation sites (tertiary alicyclic amines) is 1. The normalized spacial score (nSPS) is 18.3. The molecular formula is C22H30N4O3. The summed E-state index contributed by atoms with van der Waals surface area (Å²) in [6.07, 6.45) is 4.05. The second-order valence-electron chi connectivity index (χ2n) is 8.13. The van der Waals surface area contributed by atoms with Crippen LogP contribution in [-0.4, -0.2) is 63.4 Å². The number of aromatic hydroxyl groups is 1. The van der Waals surface area contributed by atoms with E-state index in [2.05, 4.69) is 16.9 Å². The molecule has 1 N–H and O–H groups in total. The van der Waals surface area contributed by atoms with Crippen LogP contribution in [-0.2, 0) is 19.5 Å². The Labute approximate surface area is 171 Å². The van der Waals surface area contributed by atoms with Crippen LogP contribution in [0, 0.1) is 0 Å². The Morgan fingerprint density at radius 3 is 2.72 bits per heavy atom. The van der Waals surface area contributed by atoms with Crippen LogP contribution < -0.4 is 4.74 Å². The molecule has 0 unspecified atom stereocenters. The SMILES string of the molecule is COc1cc(C[C@@H](C)N2CCCn3nc(C(=O)N4CCCC4)cc3C2)ccc1O. The lowest BCUT2D eigenvalue weighted by Gasteiger charge is -2.27. The minimum Gasteiger partial charge on any atom is -0.504 e. The van der Waals surface area contributed by atoms with Gasteiger partial charge in [0.1, 0.15) is 0 Å². The Bertz CT molecular complexity index is 873. The van der Waals surface area contributed by atoms with Crippen molar-refractivity contribution in [3.8, 4) is 11.5 Å². The van der Waals surface area contributed by atoms with Crippen LogP contribution in [0.3, 0.4) is 0 Å². The fourth-order valence-electron chi connectivity index (χ4n) is 4.37. The monoisotopic (exact) mass is 398 g/mol. The standard InChI is InChI=1S/C22H30N4O3/c1-16(12-17-6-7-20(27)21(13-17)29-2)25-10-5-11-26-18(15-25)14-19(23-26)22(28)24-8-3-4-9-24/h6-7,13-14,16,27H,3-5,8-12,15H2,1-2H3/t16-/m1/s1. The van der Waals surface area contributed by atoms with Gasteiger partial charge in [-0.2, -0.15) is 5.10 Å². The van der Waals surface area contributed by atoms with E-state index in [1.807, 2.05) is 27.8 Å². The molecule has 1 aromatic carbocycles. The zero-order chi connectivity index (χ0) is 20.4. The van der Waals surface area contributed by atoms with Crippen LogP contribution in [0.4, 0.5) is 0 Å². The Kier molecular flexibility index (Phi) is 5.76. The van der Waals surface area contributed by atoms with Crippen molar-refractivity contribution >= 4 is 5.91 Å². The number of aryl methyl sites for hydroxylation is 1. The number of carbonyl (C=O) groups excluding carboxylic acids is 1. The van der Waals surface area contributed by atoms with Crippen molar-refractivity contribution in [2.24, 2.45) is 0 Å². The van der Waals surface area contributed by atoms with Gasteiger partial charge >= 0.3 is 0 Å². The summed E-state index contributed by atoms with van der Waals surface area (Å²) in [5.74, 6) is 0.741. The third-order valence-corrected chi connectivity index (χ3v) is 6.05. The molecular weight excluding hydrogens is 368 g/mol. The van der Waals surface area contributed by atoms with Gasteiger partial charge in [0.25, 0.3) is 5.91 Å². The van der Waals surface area contributed by atoms with E-state index in [-0.39, 0.29) is 11.7 Å². The molecule has 7 nitrogen and oxygen atoms in total. The first-order chi connectivity index (χ1) is 14.0. The molecule has 0 spiro atoms. The van der Waals surface area contributed by atoms with Crippen molar-refractivity contribution in [2.75, 3.05) is 26.7 Å². The number of nitrogens with zero attached hydrogens (tertiary/aromatic N) is 4. The Morgan fingerprint density at radius 2 is 1.97 bits per heavy atom. The summed E-state index contributed by atoms with van der Waals surface area (Å²) < 4.78 is 7.25. The summed E-state index contributed by atoms with van der Waals surface area (Å²) >= 11 is 0. The third kappa shape index (κ3) is 4.24. The van der Waals surface area contributed by atoms with Gasteiger partial charge in [-0.3, -0.25) is 14.4 Å². The highest BCUT2D eigenvalue weighted by molar-refractivity contribution is 5.92. The fourth-order valence-corrected chi connectivity index (χ4v) is 4.37. The van der Waals surface area contributed by atoms with Crippen LogP contribution in [0.25, 0.3) is 0 Å². The van der Waals surface area contributed by atoms with Crippen molar-refractivity contribution in [2.45, 2.75) is 51.7 Å². The van der Waals surface area contributed by atoms with E-state index in [4.69, 9.17) is 4.74 Å². The summed E-state index contributed by atoms with van der Waals surface area (Å²) in [5, 5.41) is 14.4. The molecule has 1 aromatic heterocycles. The van der Waals surface area contributed by atoms with E-state index in [1.54, 1.807) is 13.2 Å². The van der Waals surface area contributed by atoms with E-state index in [1.165, 1.54) is 0 Å². The molecule has 1 amide bonds. The second kappa shape index (κ2) is 8.45. The Morgan fingerprint density at radius 1 is 1.17 bits per heavy atom. The summed E-state index contributed by atoms with van der Waals surface area (Å²) in [6.45, 7) is 6.55. The lowest BCUT2D eigenvalue weighted by Crippen LogP contribution is -2.34. The molecule has 2 aliphatic rings. The molecule has 4 rings (SSSR count). The number of aromatic nitrogens is 2. The van der Waals surface area contributed by atoms with E-state index >= 15 is 0 Å². The summed E-state index contributed by atoms with van der Waals surface area (Å²) in [4.78, 5) is 17.1. The lowest BCUT2D eigenvalue weighted by atomic mass is 10.0. The summed E-state index contributed by atoms with van der Waals surface area (Å²) in [6, 6.07) is 7.84. The van der Waals surface area contributed by atoms with Gasteiger partial charge in [-0.25, -0.2) is 0 Å². The van der Waals surface area contributed by atoms with Gasteiger partial charge < -0.3 is 14.7 Å². The van der Waals surface area contributed by atoms with Crippen LogP contribution in [0.15, 0.2) is 24.3 Å². The largest absolute Gasteiger partial charge is 0.504 e. The molecule has 1 saturated heterocycles. The van der Waals surface area contributed by atoms with Gasteiger partial charge in [-0.1, -0.05) is 6.07 Å². The van der Waals surface area contributed by atoms with E-state index in [0.29, 0.717) is 17.5 Å². The highest BCUT2D eigenvalue weighted by atomic mass is 16.5. The zero-order valence-electron chi connectivity index (χ0n) is 17.3. The minimum absolute atomic E-state index is 0.0684. The molecule has 0 saturated carbocycles. The maximum absolute atomic E-state index is 12.7. The molecule has 1 fully saturated rings. The van der Waals surface area contributed by atoms with Crippen LogP contribution in [0.2, 0.25) is 0 Å². The molecule has 0 radical (unpaired) electrons. The smallest absolute Gasteiger partial charge is 0.274 e. The topological polar surface area (TPSA) is 70.8 Å². The Balaban J connectivity index is 1.46. The maximum Gasteiger partial charge on any atom is 0.274 e. The van der Waals surface area contributed by atoms with E-state index in [9.17, 15) is 9.90 Å². The summed E-state index contributed by atoms with van der Waals surface area (Å²) in [7, 11) is 1.57. The molecule has 29 heavy (non-hydrogen) atoms. The number of methoxy groups -OCH3 is 1. The van der Waals surface area contributed by atoms with E-state index < -0.39 is 0 Å². The first-order valence-corrected chi connectivity index (χ1v) is 10.5. The van der Waals surface area contributed by atoms with Gasteiger partial charge in [0.2, 0.25) is 0 Å². The van der Waals surface area contributed by atoms with Gasteiger partial charge in [0.05, 0.1) is 12.8 Å². The highest BCUT2D eigenvalue weighted by Gasteiger charge is 2.26. The molecule has 2 aromatic rings. The number of benzene rings is 1. The average molecular weight is 399 g/mol. The molecule has 156 valence electrons. The third-order valence-electron chi connectivity index (χ3n) is 6.05. The second-order valence-corrected chi connectivity index (χ2v) is 8.13. The lowest BCUT2D eigenvalue weighted by molar-refractivity contribution is 0.0786. The molecule has 3 heterocycles. The van der Waals surface area contributed by atoms with Crippen LogP contribution >= 0.6 is 0 Å². The van der Waals surface area contributed by atoms with Crippen molar-refractivity contribution < 1.29 is 14.6 Å². The van der Waals surface area contributed by atoms with Crippen molar-refractivity contribution in [3.05, 3.63) is 41.2 Å². The molecule has 7 heteroatoms. The van der Waals surface area contributed by atoms with Crippen LogP contribution in [0.5, 0.6) is 11.5 Å². The van der Waals surface area contributed by atoms with Gasteiger partial charge in [-0.05, 0) is 56.4 Å². The fraction of sp³-hybridized carbons (Fsp3) is 0.545. The number of carbonyl (C=O) groups is 1. The zero-order valence-corrected chi connectivity index (χ0v) is 17.3. The number of fused-ring (bicyclic) bond motifs is 1. The highest BCUT2D eigenvalue weighted by Crippen LogP contribution is 2.27. The molecule has 0 bridgehead atoms. The number of rotatable bonds is 5. The quantitative estimate of drug-likeness (QED) is 0.839. The van der Waals surface area contributed by atoms with Gasteiger partial charge in [0, 0.05) is 38.8 Å². The number of ether oxygens (including phenoxy) is 1. The predicted molar refractivity (Wildman–Crippen MR) is 110 cm³/mol. The van der Waals surface area contributed by atoms with Crippen molar-refractivity contribution in [1.29, 1.82) is 0 Å². The van der Waals surface area contributed by atoms with Crippen molar-refractivity contribution in [1.82, 2.24) is 19.6 Å². The number of phenols is 1. The maximum atomic E-state index is 12.7. The molecule has 2 aliphatic heterocycles. The Hall–Kier alpha value is -2.54. The number of hydrogen-bond donors (Lipinski definition) is 1. The molecule has 0 aliphatic carbocycles. The predicted octanol–water partition coefficient (Wildman–Crippen LogP) is 2.67. The first-order valence-electron chi connectivity index (χ1n) is 10.5. The number of hydrogen-bond acceptors (Lipinski definition) is 5. The van der Waals surface area contributed by atoms with Gasteiger partial charge in [-0.15, -0.1) is 0 Å². The van der Waals surface area contributed by atoms with E-state index in [0.717, 1.165) is 69.7 Å². The number of amides is 1. The van der Waals surface area contributed by atoms with Crippen molar-refractivity contribution in [3.63, 3.8) is 0 Å². The average Bonchev–Trinajstić information content (AvgIpc) is 3.35. The van der Waals surface area contributed by atoms with Crippen LogP contribution in [0.1, 0.15) is 47.9 Å².